The topological polar surface area (TPSA) is 55.5 Å². The number of aromatic nitrogens is 1. The molecule has 4 heteroatoms. The molecule has 1 aromatic rings. The van der Waals surface area contributed by atoms with Crippen molar-refractivity contribution >= 4 is 0 Å². The van der Waals surface area contributed by atoms with Crippen LogP contribution in [0.2, 0.25) is 0 Å². The molecule has 0 aliphatic rings. The third kappa shape index (κ3) is 1.98. The zero-order valence-electron chi connectivity index (χ0n) is 7.28. The van der Waals surface area contributed by atoms with Gasteiger partial charge in [0, 0.05) is 18.6 Å². The molecule has 0 radical (unpaired) electrons. The van der Waals surface area contributed by atoms with E-state index in [-0.39, 0.29) is 12.5 Å². The van der Waals surface area contributed by atoms with Crippen molar-refractivity contribution in [1.29, 1.82) is 0 Å². The average Bonchev–Trinajstić information content (AvgIpc) is 2.52. The highest BCUT2D eigenvalue weighted by Crippen LogP contribution is 2.21. The Morgan fingerprint density at radius 3 is 3.00 bits per heavy atom. The molecule has 0 aliphatic carbocycles. The van der Waals surface area contributed by atoms with E-state index in [4.69, 9.17) is 14.4 Å². The highest BCUT2D eigenvalue weighted by molar-refractivity contribution is 5.13. The molecule has 0 bridgehead atoms. The average molecular weight is 171 g/mol. The fourth-order valence-electron chi connectivity index (χ4n) is 0.936. The third-order valence-electron chi connectivity index (χ3n) is 1.76. The van der Waals surface area contributed by atoms with Crippen LogP contribution in [-0.2, 0) is 0 Å². The summed E-state index contributed by atoms with van der Waals surface area (Å²) in [5.41, 5.74) is 0. The Labute approximate surface area is 71.1 Å². The maximum Gasteiger partial charge on any atom is 0.254 e. The Kier molecular flexibility index (Phi) is 3.10. The van der Waals surface area contributed by atoms with Gasteiger partial charge >= 0.3 is 0 Å². The quantitative estimate of drug-likeness (QED) is 0.738. The molecule has 0 saturated heterocycles. The molecule has 1 unspecified atom stereocenters. The molecule has 0 saturated carbocycles. The first-order valence-electron chi connectivity index (χ1n) is 3.89. The smallest absolute Gasteiger partial charge is 0.254 e. The molecule has 1 aromatic heterocycles. The number of aliphatic hydroxyl groups excluding tert-OH is 1. The molecule has 12 heavy (non-hydrogen) atoms. The summed E-state index contributed by atoms with van der Waals surface area (Å²) in [5.74, 6) is 1.42. The maximum absolute atomic E-state index is 8.67. The highest BCUT2D eigenvalue weighted by atomic mass is 16.5. The summed E-state index contributed by atoms with van der Waals surface area (Å²) in [4.78, 5) is 0. The molecule has 0 fully saturated rings. The van der Waals surface area contributed by atoms with Crippen LogP contribution in [0.5, 0.6) is 5.88 Å². The molecule has 1 rings (SSSR count). The Hall–Kier alpha value is -1.03. The van der Waals surface area contributed by atoms with Crippen molar-refractivity contribution in [2.45, 2.75) is 19.3 Å². The van der Waals surface area contributed by atoms with Gasteiger partial charge in [-0.15, -0.1) is 0 Å². The summed E-state index contributed by atoms with van der Waals surface area (Å²) in [6.45, 7) is 2.13. The lowest BCUT2D eigenvalue weighted by atomic mass is 10.1. The van der Waals surface area contributed by atoms with Gasteiger partial charge in [-0.25, -0.2) is 0 Å². The minimum Gasteiger partial charge on any atom is -0.479 e. The lowest BCUT2D eigenvalue weighted by Crippen LogP contribution is -1.94. The molecule has 0 spiro atoms. The Bertz CT molecular complexity index is 234. The van der Waals surface area contributed by atoms with E-state index in [1.165, 1.54) is 0 Å². The van der Waals surface area contributed by atoms with Crippen molar-refractivity contribution in [2.24, 2.45) is 0 Å². The fourth-order valence-corrected chi connectivity index (χ4v) is 0.936. The lowest BCUT2D eigenvalue weighted by Gasteiger charge is -2.02. The summed E-state index contributed by atoms with van der Waals surface area (Å²) >= 11 is 0. The predicted octanol–water partition coefficient (Wildman–Crippen LogP) is 1.17. The van der Waals surface area contributed by atoms with Gasteiger partial charge in [0.1, 0.15) is 5.76 Å². The number of aliphatic hydroxyl groups is 1. The SMILES string of the molecule is COc1cc(C(C)CCO)on1. The van der Waals surface area contributed by atoms with E-state index < -0.39 is 0 Å². The van der Waals surface area contributed by atoms with Crippen molar-refractivity contribution in [1.82, 2.24) is 5.16 Å². The van der Waals surface area contributed by atoms with Gasteiger partial charge in [0.2, 0.25) is 0 Å². The van der Waals surface area contributed by atoms with Gasteiger partial charge in [0.25, 0.3) is 5.88 Å². The van der Waals surface area contributed by atoms with E-state index in [9.17, 15) is 0 Å². The molecular formula is C8H13NO3. The summed E-state index contributed by atoms with van der Waals surface area (Å²) < 4.78 is 9.84. The Morgan fingerprint density at radius 1 is 1.75 bits per heavy atom. The van der Waals surface area contributed by atoms with E-state index in [1.54, 1.807) is 13.2 Å². The Morgan fingerprint density at radius 2 is 2.50 bits per heavy atom. The van der Waals surface area contributed by atoms with Crippen LogP contribution in [-0.4, -0.2) is 24.0 Å². The van der Waals surface area contributed by atoms with Crippen molar-refractivity contribution in [3.8, 4) is 5.88 Å². The zero-order chi connectivity index (χ0) is 8.97. The van der Waals surface area contributed by atoms with Crippen LogP contribution in [0.3, 0.4) is 0 Å². The second-order valence-corrected chi connectivity index (χ2v) is 2.68. The first-order valence-corrected chi connectivity index (χ1v) is 3.89. The minimum atomic E-state index is 0.157. The van der Waals surface area contributed by atoms with Gasteiger partial charge in [0.15, 0.2) is 0 Å². The monoisotopic (exact) mass is 171 g/mol. The first-order chi connectivity index (χ1) is 5.77. The van der Waals surface area contributed by atoms with E-state index in [0.29, 0.717) is 12.3 Å². The predicted molar refractivity (Wildman–Crippen MR) is 43.2 cm³/mol. The summed E-state index contributed by atoms with van der Waals surface area (Å²) in [5, 5.41) is 12.3. The van der Waals surface area contributed by atoms with Crippen LogP contribution in [0.25, 0.3) is 0 Å². The van der Waals surface area contributed by atoms with Gasteiger partial charge in [-0.1, -0.05) is 6.92 Å². The number of hydrogen-bond acceptors (Lipinski definition) is 4. The van der Waals surface area contributed by atoms with Crippen LogP contribution < -0.4 is 4.74 Å². The first kappa shape index (κ1) is 9.06. The van der Waals surface area contributed by atoms with Gasteiger partial charge < -0.3 is 14.4 Å². The summed E-state index contributed by atoms with van der Waals surface area (Å²) in [6.07, 6.45) is 0.679. The molecule has 1 atom stereocenters. The second-order valence-electron chi connectivity index (χ2n) is 2.68. The van der Waals surface area contributed by atoms with Crippen LogP contribution in [0.1, 0.15) is 25.0 Å². The van der Waals surface area contributed by atoms with Crippen LogP contribution >= 0.6 is 0 Å². The van der Waals surface area contributed by atoms with Crippen molar-refractivity contribution in [2.75, 3.05) is 13.7 Å². The standard InChI is InChI=1S/C8H13NO3/c1-6(3-4-10)7-5-8(11-2)9-12-7/h5-6,10H,3-4H2,1-2H3. The second kappa shape index (κ2) is 4.11. The lowest BCUT2D eigenvalue weighted by molar-refractivity contribution is 0.262. The fraction of sp³-hybridized carbons (Fsp3) is 0.625. The maximum atomic E-state index is 8.67. The number of methoxy groups -OCH3 is 1. The third-order valence-corrected chi connectivity index (χ3v) is 1.76. The largest absolute Gasteiger partial charge is 0.479 e. The summed E-state index contributed by atoms with van der Waals surface area (Å²) in [7, 11) is 1.54. The molecule has 0 amide bonds. The van der Waals surface area contributed by atoms with Crippen LogP contribution in [0, 0.1) is 0 Å². The molecule has 0 aromatic carbocycles. The van der Waals surface area contributed by atoms with Crippen molar-refractivity contribution in [3.05, 3.63) is 11.8 Å². The van der Waals surface area contributed by atoms with Gasteiger partial charge in [-0.2, -0.15) is 0 Å². The number of rotatable bonds is 4. The van der Waals surface area contributed by atoms with Gasteiger partial charge in [-0.3, -0.25) is 0 Å². The molecule has 68 valence electrons. The van der Waals surface area contributed by atoms with Crippen LogP contribution in [0.4, 0.5) is 0 Å². The number of ether oxygens (including phenoxy) is 1. The molecule has 4 nitrogen and oxygen atoms in total. The molecular weight excluding hydrogens is 158 g/mol. The number of nitrogens with zero attached hydrogens (tertiary/aromatic N) is 1. The van der Waals surface area contributed by atoms with Gasteiger partial charge in [0.05, 0.1) is 7.11 Å². The zero-order valence-corrected chi connectivity index (χ0v) is 7.28. The van der Waals surface area contributed by atoms with E-state index >= 15 is 0 Å². The van der Waals surface area contributed by atoms with E-state index in [1.807, 2.05) is 6.92 Å². The van der Waals surface area contributed by atoms with Gasteiger partial charge in [-0.05, 0) is 11.6 Å². The Balaban J connectivity index is 2.61. The molecule has 1 heterocycles. The number of hydrogen-bond donors (Lipinski definition) is 1. The van der Waals surface area contributed by atoms with Crippen molar-refractivity contribution < 1.29 is 14.4 Å². The summed E-state index contributed by atoms with van der Waals surface area (Å²) in [6, 6.07) is 1.74. The van der Waals surface area contributed by atoms with E-state index in [2.05, 4.69) is 5.16 Å². The minimum absolute atomic E-state index is 0.157. The normalized spacial score (nSPS) is 12.9. The van der Waals surface area contributed by atoms with Crippen LogP contribution in [0.15, 0.2) is 10.6 Å². The van der Waals surface area contributed by atoms with E-state index in [0.717, 1.165) is 5.76 Å². The molecule has 1 N–H and O–H groups in total. The van der Waals surface area contributed by atoms with Crippen molar-refractivity contribution in [3.63, 3.8) is 0 Å². The molecule has 0 aliphatic heterocycles. The highest BCUT2D eigenvalue weighted by Gasteiger charge is 2.11.